The predicted octanol–water partition coefficient (Wildman–Crippen LogP) is 1.94. The normalized spacial score (nSPS) is 14.1. The molecule has 0 spiro atoms. The van der Waals surface area contributed by atoms with Crippen LogP contribution in [0.15, 0.2) is 29.3 Å². The van der Waals surface area contributed by atoms with E-state index in [1.807, 2.05) is 43.1 Å². The summed E-state index contributed by atoms with van der Waals surface area (Å²) < 4.78 is 5.82. The molecule has 1 amide bonds. The van der Waals surface area contributed by atoms with Crippen molar-refractivity contribution >= 4 is 11.9 Å². The van der Waals surface area contributed by atoms with Gasteiger partial charge in [-0.05, 0) is 37.8 Å². The van der Waals surface area contributed by atoms with Crippen molar-refractivity contribution in [1.29, 1.82) is 0 Å². The fourth-order valence-corrected chi connectivity index (χ4v) is 2.48. The second-order valence-corrected chi connectivity index (χ2v) is 6.45. The number of rotatable bonds is 9. The van der Waals surface area contributed by atoms with Gasteiger partial charge in [0.2, 0.25) is 5.91 Å². The number of carbonyl (C=O) groups excluding carboxylic acids is 1. The molecule has 6 heteroatoms. The number of carbonyl (C=O) groups is 1. The van der Waals surface area contributed by atoms with Gasteiger partial charge in [0.15, 0.2) is 5.96 Å². The van der Waals surface area contributed by atoms with Crippen molar-refractivity contribution in [1.82, 2.24) is 15.5 Å². The number of aryl methyl sites for hydroxylation is 1. The molecule has 1 aromatic rings. The number of benzene rings is 1. The van der Waals surface area contributed by atoms with Gasteiger partial charge in [-0.25, -0.2) is 0 Å². The van der Waals surface area contributed by atoms with Crippen molar-refractivity contribution in [2.45, 2.75) is 38.6 Å². The average Bonchev–Trinajstić information content (AvgIpc) is 3.40. The third-order valence-electron chi connectivity index (χ3n) is 4.16. The highest BCUT2D eigenvalue weighted by atomic mass is 16.5. The smallest absolute Gasteiger partial charge is 0.220 e. The number of amides is 1. The second-order valence-electron chi connectivity index (χ2n) is 6.45. The van der Waals surface area contributed by atoms with Crippen LogP contribution in [0, 0.1) is 6.92 Å². The lowest BCUT2D eigenvalue weighted by Crippen LogP contribution is -2.41. The van der Waals surface area contributed by atoms with Gasteiger partial charge in [0.1, 0.15) is 12.4 Å². The molecule has 0 unspecified atom stereocenters. The molecule has 2 N–H and O–H groups in total. The fraction of sp³-hybridized carbons (Fsp3) is 0.579. The van der Waals surface area contributed by atoms with Gasteiger partial charge in [-0.15, -0.1) is 0 Å². The quantitative estimate of drug-likeness (QED) is 0.407. The van der Waals surface area contributed by atoms with Gasteiger partial charge in [-0.1, -0.05) is 18.2 Å². The highest BCUT2D eigenvalue weighted by Gasteiger charge is 2.22. The van der Waals surface area contributed by atoms with Crippen molar-refractivity contribution in [3.63, 3.8) is 0 Å². The van der Waals surface area contributed by atoms with E-state index in [2.05, 4.69) is 15.6 Å². The van der Waals surface area contributed by atoms with Gasteiger partial charge >= 0.3 is 0 Å². The predicted molar refractivity (Wildman–Crippen MR) is 101 cm³/mol. The van der Waals surface area contributed by atoms with Crippen molar-refractivity contribution < 1.29 is 9.53 Å². The standard InChI is InChI=1S/C19H30N4O2/c1-15-7-4-5-8-17(15)25-14-13-23(3)19(20-2)21-12-6-9-18(24)22-16-10-11-16/h4-5,7-8,16H,6,9-14H2,1-3H3,(H,20,21)(H,22,24). The van der Waals surface area contributed by atoms with Crippen molar-refractivity contribution in [3.8, 4) is 5.75 Å². The Hall–Kier alpha value is -2.24. The van der Waals surface area contributed by atoms with Gasteiger partial charge in [-0.2, -0.15) is 0 Å². The summed E-state index contributed by atoms with van der Waals surface area (Å²) in [4.78, 5) is 18.0. The van der Waals surface area contributed by atoms with E-state index < -0.39 is 0 Å². The number of hydrogen-bond donors (Lipinski definition) is 2. The van der Waals surface area contributed by atoms with E-state index in [-0.39, 0.29) is 5.91 Å². The number of nitrogens with zero attached hydrogens (tertiary/aromatic N) is 2. The van der Waals surface area contributed by atoms with E-state index in [0.29, 0.717) is 19.1 Å². The molecular weight excluding hydrogens is 316 g/mol. The highest BCUT2D eigenvalue weighted by Crippen LogP contribution is 2.18. The molecule has 0 aliphatic heterocycles. The number of ether oxygens (including phenoxy) is 1. The first kappa shape index (κ1) is 19.1. The average molecular weight is 346 g/mol. The first-order valence-electron chi connectivity index (χ1n) is 8.99. The van der Waals surface area contributed by atoms with Crippen molar-refractivity contribution in [2.24, 2.45) is 4.99 Å². The Labute approximate surface area is 150 Å². The largest absolute Gasteiger partial charge is 0.491 e. The molecule has 1 fully saturated rings. The van der Waals surface area contributed by atoms with Gasteiger partial charge in [0.25, 0.3) is 0 Å². The Morgan fingerprint density at radius 1 is 1.36 bits per heavy atom. The minimum Gasteiger partial charge on any atom is -0.491 e. The van der Waals surface area contributed by atoms with Gasteiger partial charge < -0.3 is 20.3 Å². The number of guanidine groups is 1. The summed E-state index contributed by atoms with van der Waals surface area (Å²) in [5, 5.41) is 6.30. The topological polar surface area (TPSA) is 66.0 Å². The number of para-hydroxylation sites is 1. The molecule has 1 saturated carbocycles. The zero-order chi connectivity index (χ0) is 18.1. The van der Waals surface area contributed by atoms with Crippen LogP contribution in [0.25, 0.3) is 0 Å². The molecule has 0 aromatic heterocycles. The number of likely N-dealkylation sites (N-methyl/N-ethyl adjacent to an activating group) is 1. The van der Waals surface area contributed by atoms with Crippen LogP contribution in [0.1, 0.15) is 31.2 Å². The summed E-state index contributed by atoms with van der Waals surface area (Å²) in [6, 6.07) is 8.44. The number of aliphatic imine (C=N–C) groups is 1. The minimum atomic E-state index is 0.152. The summed E-state index contributed by atoms with van der Waals surface area (Å²) in [6.07, 6.45) is 3.61. The van der Waals surface area contributed by atoms with Crippen LogP contribution in [0.5, 0.6) is 5.75 Å². The molecule has 138 valence electrons. The minimum absolute atomic E-state index is 0.152. The lowest BCUT2D eigenvalue weighted by Gasteiger charge is -2.22. The van der Waals surface area contributed by atoms with Crippen LogP contribution in [0.4, 0.5) is 0 Å². The summed E-state index contributed by atoms with van der Waals surface area (Å²) in [5.74, 6) is 1.88. The molecule has 1 aliphatic carbocycles. The third kappa shape index (κ3) is 7.03. The van der Waals surface area contributed by atoms with Gasteiger partial charge in [0, 0.05) is 33.1 Å². The highest BCUT2D eigenvalue weighted by molar-refractivity contribution is 5.80. The second kappa shape index (κ2) is 9.91. The molecule has 2 rings (SSSR count). The lowest BCUT2D eigenvalue weighted by molar-refractivity contribution is -0.121. The maximum atomic E-state index is 11.6. The molecular formula is C19H30N4O2. The van der Waals surface area contributed by atoms with Gasteiger partial charge in [-0.3, -0.25) is 9.79 Å². The molecule has 25 heavy (non-hydrogen) atoms. The monoisotopic (exact) mass is 346 g/mol. The Balaban J connectivity index is 1.61. The maximum absolute atomic E-state index is 11.6. The molecule has 6 nitrogen and oxygen atoms in total. The molecule has 0 saturated heterocycles. The Morgan fingerprint density at radius 3 is 2.80 bits per heavy atom. The molecule has 0 radical (unpaired) electrons. The molecule has 0 atom stereocenters. The summed E-state index contributed by atoms with van der Waals surface area (Å²) in [5.41, 5.74) is 1.14. The zero-order valence-corrected chi connectivity index (χ0v) is 15.5. The summed E-state index contributed by atoms with van der Waals surface area (Å²) >= 11 is 0. The summed E-state index contributed by atoms with van der Waals surface area (Å²) in [7, 11) is 3.75. The zero-order valence-electron chi connectivity index (χ0n) is 15.5. The number of nitrogens with one attached hydrogen (secondary N) is 2. The lowest BCUT2D eigenvalue weighted by atomic mass is 10.2. The van der Waals surface area contributed by atoms with Crippen LogP contribution >= 0.6 is 0 Å². The van der Waals surface area contributed by atoms with Gasteiger partial charge in [0.05, 0.1) is 6.54 Å². The SMILES string of the molecule is CN=C(NCCCC(=O)NC1CC1)N(C)CCOc1ccccc1C. The van der Waals surface area contributed by atoms with Crippen molar-refractivity contribution in [2.75, 3.05) is 33.8 Å². The summed E-state index contributed by atoms with van der Waals surface area (Å²) in [6.45, 7) is 4.09. The van der Waals surface area contributed by atoms with Crippen LogP contribution in [0.2, 0.25) is 0 Å². The Morgan fingerprint density at radius 2 is 2.12 bits per heavy atom. The Kier molecular flexibility index (Phi) is 7.57. The van der Waals surface area contributed by atoms with E-state index in [0.717, 1.165) is 49.6 Å². The van der Waals surface area contributed by atoms with E-state index in [1.165, 1.54) is 0 Å². The Bertz CT molecular complexity index is 585. The first-order chi connectivity index (χ1) is 12.1. The maximum Gasteiger partial charge on any atom is 0.220 e. The molecule has 1 aromatic carbocycles. The van der Waals surface area contributed by atoms with E-state index in [1.54, 1.807) is 7.05 Å². The third-order valence-corrected chi connectivity index (χ3v) is 4.16. The van der Waals surface area contributed by atoms with E-state index >= 15 is 0 Å². The van der Waals surface area contributed by atoms with Crippen LogP contribution in [-0.4, -0.2) is 56.6 Å². The van der Waals surface area contributed by atoms with Crippen molar-refractivity contribution in [3.05, 3.63) is 29.8 Å². The van der Waals surface area contributed by atoms with Crippen LogP contribution < -0.4 is 15.4 Å². The van der Waals surface area contributed by atoms with Crippen LogP contribution in [-0.2, 0) is 4.79 Å². The van der Waals surface area contributed by atoms with E-state index in [9.17, 15) is 4.79 Å². The van der Waals surface area contributed by atoms with Crippen LogP contribution in [0.3, 0.4) is 0 Å². The first-order valence-corrected chi connectivity index (χ1v) is 8.99. The molecule has 1 aliphatic rings. The fourth-order valence-electron chi connectivity index (χ4n) is 2.48. The molecule has 0 heterocycles. The van der Waals surface area contributed by atoms with E-state index in [4.69, 9.17) is 4.74 Å². The number of hydrogen-bond acceptors (Lipinski definition) is 3. The molecule has 0 bridgehead atoms.